The third-order valence-electron chi connectivity index (χ3n) is 6.80. The van der Waals surface area contributed by atoms with Gasteiger partial charge in [0, 0.05) is 31.6 Å². The number of alkyl carbamates (subject to hydrolysis) is 1. The predicted molar refractivity (Wildman–Crippen MR) is 126 cm³/mol. The summed E-state index contributed by atoms with van der Waals surface area (Å²) in [4.78, 5) is 36.6. The summed E-state index contributed by atoms with van der Waals surface area (Å²) in [6.45, 7) is 0.512. The number of rotatable bonds is 8. The number of carboxylic acids is 1. The van der Waals surface area contributed by atoms with Crippen LogP contribution in [0.15, 0.2) is 60.8 Å². The Morgan fingerprint density at radius 1 is 1.09 bits per heavy atom. The van der Waals surface area contributed by atoms with E-state index in [1.54, 1.807) is 13.1 Å². The van der Waals surface area contributed by atoms with Gasteiger partial charge in [-0.25, -0.2) is 9.59 Å². The first-order valence-corrected chi connectivity index (χ1v) is 11.5. The highest BCUT2D eigenvalue weighted by atomic mass is 16.5. The molecule has 1 saturated carbocycles. The summed E-state index contributed by atoms with van der Waals surface area (Å²) < 4.78 is 6.95. The van der Waals surface area contributed by atoms with Gasteiger partial charge in [-0.15, -0.1) is 0 Å². The molecule has 1 aromatic heterocycles. The number of carbonyl (C=O) groups is 3. The van der Waals surface area contributed by atoms with E-state index in [4.69, 9.17) is 4.74 Å². The Morgan fingerprint density at radius 3 is 2.34 bits per heavy atom. The third kappa shape index (κ3) is 4.49. The molecule has 2 aromatic carbocycles. The lowest BCUT2D eigenvalue weighted by molar-refractivity contribution is -0.142. The zero-order valence-electron chi connectivity index (χ0n) is 19.2. The minimum atomic E-state index is -1.17. The smallest absolute Gasteiger partial charge is 0.407 e. The monoisotopic (exact) mass is 474 g/mol. The molecule has 0 radical (unpaired) electrons. The summed E-state index contributed by atoms with van der Waals surface area (Å²) in [6, 6.07) is 16.6. The van der Waals surface area contributed by atoms with Gasteiger partial charge in [0.05, 0.1) is 5.69 Å². The van der Waals surface area contributed by atoms with Gasteiger partial charge >= 0.3 is 12.1 Å². The third-order valence-corrected chi connectivity index (χ3v) is 6.80. The molecule has 5 rings (SSSR count). The van der Waals surface area contributed by atoms with Gasteiger partial charge in [0.25, 0.3) is 0 Å². The molecule has 9 heteroatoms. The van der Waals surface area contributed by atoms with Gasteiger partial charge in [-0.05, 0) is 40.7 Å². The number of aliphatic carboxylic acids is 1. The molecule has 0 spiro atoms. The second kappa shape index (κ2) is 9.25. The van der Waals surface area contributed by atoms with Crippen molar-refractivity contribution in [2.75, 3.05) is 13.2 Å². The number of aryl methyl sites for hydroxylation is 1. The molecule has 0 saturated heterocycles. The van der Waals surface area contributed by atoms with E-state index in [-0.39, 0.29) is 36.8 Å². The maximum absolute atomic E-state index is 12.6. The zero-order chi connectivity index (χ0) is 24.5. The molecule has 3 N–H and O–H groups in total. The van der Waals surface area contributed by atoms with Crippen LogP contribution in [0.4, 0.5) is 4.79 Å². The van der Waals surface area contributed by atoms with E-state index < -0.39 is 18.1 Å². The van der Waals surface area contributed by atoms with Crippen LogP contribution in [0.25, 0.3) is 11.1 Å². The molecule has 2 aliphatic rings. The van der Waals surface area contributed by atoms with Crippen molar-refractivity contribution < 1.29 is 24.2 Å². The Hall–Kier alpha value is -4.14. The standard InChI is InChI=1S/C26H26N4O5/c1-30-22(10-11-28-30)23(25(32)33)29-24(31)20-12-15(20)13-27-26(34)35-14-21-18-8-4-2-6-16(18)17-7-3-5-9-19(17)21/h2-11,15,20-21,23H,12-14H2,1H3,(H,27,34)(H,29,31)(H,32,33)/t15-,20-,23?/m1/s1. The van der Waals surface area contributed by atoms with Crippen LogP contribution in [0.5, 0.6) is 0 Å². The number of amides is 2. The van der Waals surface area contributed by atoms with Gasteiger partial charge in [-0.3, -0.25) is 9.48 Å². The largest absolute Gasteiger partial charge is 0.479 e. The number of carboxylic acid groups (broad SMARTS) is 1. The van der Waals surface area contributed by atoms with Crippen molar-refractivity contribution in [1.82, 2.24) is 20.4 Å². The molecule has 3 atom stereocenters. The fraction of sp³-hybridized carbons (Fsp3) is 0.308. The van der Waals surface area contributed by atoms with Crippen molar-refractivity contribution in [1.29, 1.82) is 0 Å². The lowest BCUT2D eigenvalue weighted by Gasteiger charge is -2.15. The van der Waals surface area contributed by atoms with Gasteiger partial charge in [-0.1, -0.05) is 48.5 Å². The average molecular weight is 475 g/mol. The molecular formula is C26H26N4O5. The highest BCUT2D eigenvalue weighted by Gasteiger charge is 2.44. The van der Waals surface area contributed by atoms with Gasteiger partial charge in [0.1, 0.15) is 6.61 Å². The maximum Gasteiger partial charge on any atom is 0.407 e. The van der Waals surface area contributed by atoms with E-state index >= 15 is 0 Å². The molecular weight excluding hydrogens is 448 g/mol. The number of benzene rings is 2. The fourth-order valence-corrected chi connectivity index (χ4v) is 4.84. The van der Waals surface area contributed by atoms with E-state index in [0.717, 1.165) is 22.3 Å². The highest BCUT2D eigenvalue weighted by molar-refractivity contribution is 5.87. The van der Waals surface area contributed by atoms with E-state index in [9.17, 15) is 19.5 Å². The first-order chi connectivity index (χ1) is 16.9. The minimum absolute atomic E-state index is 0.0208. The van der Waals surface area contributed by atoms with Crippen molar-refractivity contribution >= 4 is 18.0 Å². The average Bonchev–Trinajstić information content (AvgIpc) is 3.41. The van der Waals surface area contributed by atoms with Gasteiger partial charge < -0.3 is 20.5 Å². The summed E-state index contributed by atoms with van der Waals surface area (Å²) in [7, 11) is 1.62. The minimum Gasteiger partial charge on any atom is -0.479 e. The second-order valence-corrected chi connectivity index (χ2v) is 8.97. The van der Waals surface area contributed by atoms with Crippen molar-refractivity contribution in [2.24, 2.45) is 18.9 Å². The van der Waals surface area contributed by atoms with Crippen LogP contribution < -0.4 is 10.6 Å². The number of ether oxygens (including phenoxy) is 1. The lowest BCUT2D eigenvalue weighted by Crippen LogP contribution is -2.37. The van der Waals surface area contributed by atoms with Crippen LogP contribution in [0.3, 0.4) is 0 Å². The molecule has 1 unspecified atom stereocenters. The van der Waals surface area contributed by atoms with E-state index in [0.29, 0.717) is 12.1 Å². The lowest BCUT2D eigenvalue weighted by atomic mass is 9.98. The van der Waals surface area contributed by atoms with Crippen LogP contribution in [-0.4, -0.2) is 46.0 Å². The van der Waals surface area contributed by atoms with E-state index in [1.165, 1.54) is 10.9 Å². The van der Waals surface area contributed by atoms with E-state index in [1.807, 2.05) is 24.3 Å². The first-order valence-electron chi connectivity index (χ1n) is 11.5. The van der Waals surface area contributed by atoms with Crippen molar-refractivity contribution in [3.8, 4) is 11.1 Å². The zero-order valence-corrected chi connectivity index (χ0v) is 19.2. The summed E-state index contributed by atoms with van der Waals surface area (Å²) in [5, 5.41) is 18.8. The first kappa shape index (κ1) is 22.6. The topological polar surface area (TPSA) is 123 Å². The molecule has 9 nitrogen and oxygen atoms in total. The number of fused-ring (bicyclic) bond motifs is 3. The molecule has 1 heterocycles. The van der Waals surface area contributed by atoms with Crippen LogP contribution in [-0.2, 0) is 21.4 Å². The number of nitrogens with zero attached hydrogens (tertiary/aromatic N) is 2. The highest BCUT2D eigenvalue weighted by Crippen LogP contribution is 2.44. The van der Waals surface area contributed by atoms with Crippen LogP contribution in [0.2, 0.25) is 0 Å². The van der Waals surface area contributed by atoms with Crippen LogP contribution >= 0.6 is 0 Å². The molecule has 1 fully saturated rings. The quantitative estimate of drug-likeness (QED) is 0.461. The Labute approximate surface area is 202 Å². The number of nitrogens with one attached hydrogen (secondary N) is 2. The molecule has 2 aliphatic carbocycles. The number of carbonyl (C=O) groups excluding carboxylic acids is 2. The Balaban J connectivity index is 1.11. The van der Waals surface area contributed by atoms with Gasteiger partial charge in [0.15, 0.2) is 6.04 Å². The SMILES string of the molecule is Cn1nccc1C(NC(=O)[C@@H]1C[C@@H]1CNC(=O)OCC1c2ccccc2-c2ccccc21)C(=O)O. The summed E-state index contributed by atoms with van der Waals surface area (Å²) >= 11 is 0. The summed E-state index contributed by atoms with van der Waals surface area (Å²) in [6.07, 6.45) is 1.53. The van der Waals surface area contributed by atoms with E-state index in [2.05, 4.69) is 40.0 Å². The Bertz CT molecular complexity index is 1240. The molecule has 0 aliphatic heterocycles. The maximum atomic E-state index is 12.6. The summed E-state index contributed by atoms with van der Waals surface area (Å²) in [5.41, 5.74) is 4.99. The normalized spacial score (nSPS) is 18.8. The number of hydrogen-bond acceptors (Lipinski definition) is 5. The van der Waals surface area contributed by atoms with Crippen molar-refractivity contribution in [3.63, 3.8) is 0 Å². The molecule has 2 amide bonds. The van der Waals surface area contributed by atoms with Crippen molar-refractivity contribution in [3.05, 3.63) is 77.6 Å². The Kier molecular flexibility index (Phi) is 5.98. The molecule has 0 bridgehead atoms. The second-order valence-electron chi connectivity index (χ2n) is 8.97. The van der Waals surface area contributed by atoms with Gasteiger partial charge in [-0.2, -0.15) is 5.10 Å². The van der Waals surface area contributed by atoms with Crippen LogP contribution in [0, 0.1) is 11.8 Å². The van der Waals surface area contributed by atoms with Crippen LogP contribution in [0.1, 0.15) is 35.2 Å². The van der Waals surface area contributed by atoms with Crippen molar-refractivity contribution in [2.45, 2.75) is 18.4 Å². The summed E-state index contributed by atoms with van der Waals surface area (Å²) in [5.74, 6) is -1.93. The Morgan fingerprint density at radius 2 is 1.74 bits per heavy atom. The number of hydrogen-bond donors (Lipinski definition) is 3. The molecule has 35 heavy (non-hydrogen) atoms. The molecule has 180 valence electrons. The fourth-order valence-electron chi connectivity index (χ4n) is 4.84. The molecule has 3 aromatic rings. The van der Waals surface area contributed by atoms with Gasteiger partial charge in [0.2, 0.25) is 5.91 Å². The predicted octanol–water partition coefficient (Wildman–Crippen LogP) is 2.84. The number of aromatic nitrogens is 2.